The summed E-state index contributed by atoms with van der Waals surface area (Å²) in [4.78, 5) is 0. The van der Waals surface area contributed by atoms with E-state index in [4.69, 9.17) is 14.6 Å². The van der Waals surface area contributed by atoms with Crippen LogP contribution in [0.25, 0.3) is 0 Å². The Balaban J connectivity index is 2.13. The van der Waals surface area contributed by atoms with Crippen LogP contribution in [0, 0.1) is 0 Å². The Hall–Kier alpha value is -1.10. The Kier molecular flexibility index (Phi) is 7.38. The van der Waals surface area contributed by atoms with Crippen molar-refractivity contribution in [2.45, 2.75) is 13.0 Å². The molecule has 0 atom stereocenters. The van der Waals surface area contributed by atoms with Crippen LogP contribution in [0.2, 0.25) is 0 Å². The van der Waals surface area contributed by atoms with Gasteiger partial charge in [-0.3, -0.25) is 0 Å². The molecule has 1 aromatic carbocycles. The summed E-state index contributed by atoms with van der Waals surface area (Å²) in [5.41, 5.74) is 1.16. The van der Waals surface area contributed by atoms with E-state index in [9.17, 15) is 0 Å². The smallest absolute Gasteiger partial charge is 0.123 e. The second-order valence-electron chi connectivity index (χ2n) is 3.68. The lowest BCUT2D eigenvalue weighted by atomic mass is 10.2. The van der Waals surface area contributed by atoms with Crippen LogP contribution in [-0.4, -0.2) is 38.6 Å². The van der Waals surface area contributed by atoms with Crippen molar-refractivity contribution in [3.63, 3.8) is 0 Å². The van der Waals surface area contributed by atoms with Crippen LogP contribution in [0.5, 0.6) is 5.75 Å². The first kappa shape index (κ1) is 14.0. The number of aliphatic hydroxyl groups excluding tert-OH is 1. The molecule has 17 heavy (non-hydrogen) atoms. The standard InChI is InChI=1S/C13H21NO3/c1-16-13-6-3-2-5-12(13)11-14-7-4-9-17-10-8-15/h2-3,5-6,14-15H,4,7-11H2,1H3. The maximum atomic E-state index is 8.52. The molecule has 0 saturated carbocycles. The molecule has 2 N–H and O–H groups in total. The molecular weight excluding hydrogens is 218 g/mol. The summed E-state index contributed by atoms with van der Waals surface area (Å²) in [6.07, 6.45) is 0.940. The molecule has 0 unspecified atom stereocenters. The minimum Gasteiger partial charge on any atom is -0.496 e. The van der Waals surface area contributed by atoms with Gasteiger partial charge in [-0.25, -0.2) is 0 Å². The van der Waals surface area contributed by atoms with Gasteiger partial charge in [0.1, 0.15) is 5.75 Å². The summed E-state index contributed by atoms with van der Waals surface area (Å²) >= 11 is 0. The summed E-state index contributed by atoms with van der Waals surface area (Å²) in [7, 11) is 1.68. The molecule has 96 valence electrons. The molecule has 0 aromatic heterocycles. The van der Waals surface area contributed by atoms with Crippen LogP contribution in [0.1, 0.15) is 12.0 Å². The third-order valence-electron chi connectivity index (χ3n) is 2.39. The highest BCUT2D eigenvalue weighted by atomic mass is 16.5. The quantitative estimate of drug-likeness (QED) is 0.635. The largest absolute Gasteiger partial charge is 0.496 e. The Morgan fingerprint density at radius 3 is 2.82 bits per heavy atom. The molecule has 1 rings (SSSR count). The first-order valence-electron chi connectivity index (χ1n) is 5.89. The number of methoxy groups -OCH3 is 1. The number of nitrogens with one attached hydrogen (secondary N) is 1. The average molecular weight is 239 g/mol. The van der Waals surface area contributed by atoms with E-state index in [1.165, 1.54) is 0 Å². The van der Waals surface area contributed by atoms with E-state index in [-0.39, 0.29) is 6.61 Å². The fourth-order valence-corrected chi connectivity index (χ4v) is 1.54. The van der Waals surface area contributed by atoms with Crippen LogP contribution in [0.15, 0.2) is 24.3 Å². The summed E-state index contributed by atoms with van der Waals surface area (Å²) in [6.45, 7) is 2.88. The Bertz CT molecular complexity index is 304. The second kappa shape index (κ2) is 8.98. The number of hydrogen-bond donors (Lipinski definition) is 2. The number of benzene rings is 1. The van der Waals surface area contributed by atoms with Crippen molar-refractivity contribution in [2.75, 3.05) is 33.5 Å². The molecule has 4 heteroatoms. The van der Waals surface area contributed by atoms with Crippen LogP contribution < -0.4 is 10.1 Å². The predicted octanol–water partition coefficient (Wildman–Crippen LogP) is 1.18. The maximum absolute atomic E-state index is 8.52. The fourth-order valence-electron chi connectivity index (χ4n) is 1.54. The third-order valence-corrected chi connectivity index (χ3v) is 2.39. The van der Waals surface area contributed by atoms with Crippen LogP contribution in [-0.2, 0) is 11.3 Å². The molecular formula is C13H21NO3. The van der Waals surface area contributed by atoms with Gasteiger partial charge in [-0.05, 0) is 19.0 Å². The number of aliphatic hydroxyl groups is 1. The molecule has 0 radical (unpaired) electrons. The minimum atomic E-state index is 0.0919. The van der Waals surface area contributed by atoms with Crippen molar-refractivity contribution in [3.05, 3.63) is 29.8 Å². The normalized spacial score (nSPS) is 10.5. The Morgan fingerprint density at radius 1 is 1.24 bits per heavy atom. The number of rotatable bonds is 9. The van der Waals surface area contributed by atoms with Gasteiger partial charge in [-0.1, -0.05) is 18.2 Å². The van der Waals surface area contributed by atoms with E-state index >= 15 is 0 Å². The molecule has 0 spiro atoms. The molecule has 1 aromatic rings. The highest BCUT2D eigenvalue weighted by Crippen LogP contribution is 2.16. The topological polar surface area (TPSA) is 50.7 Å². The highest BCUT2D eigenvalue weighted by Gasteiger charge is 1.99. The van der Waals surface area contributed by atoms with Gasteiger partial charge in [0, 0.05) is 18.7 Å². The first-order chi connectivity index (χ1) is 8.38. The van der Waals surface area contributed by atoms with Gasteiger partial charge in [0.05, 0.1) is 20.3 Å². The second-order valence-corrected chi connectivity index (χ2v) is 3.68. The van der Waals surface area contributed by atoms with Gasteiger partial charge < -0.3 is 19.9 Å². The van der Waals surface area contributed by atoms with E-state index in [2.05, 4.69) is 5.32 Å². The molecule has 0 fully saturated rings. The van der Waals surface area contributed by atoms with Crippen molar-refractivity contribution < 1.29 is 14.6 Å². The number of ether oxygens (including phenoxy) is 2. The number of para-hydroxylation sites is 1. The van der Waals surface area contributed by atoms with Gasteiger partial charge in [-0.15, -0.1) is 0 Å². The molecule has 4 nitrogen and oxygen atoms in total. The SMILES string of the molecule is COc1ccccc1CNCCCOCCO. The number of hydrogen-bond acceptors (Lipinski definition) is 4. The lowest BCUT2D eigenvalue weighted by molar-refractivity contribution is 0.0907. The molecule has 0 amide bonds. The molecule has 0 saturated heterocycles. The monoisotopic (exact) mass is 239 g/mol. The van der Waals surface area contributed by atoms with Crippen molar-refractivity contribution in [1.29, 1.82) is 0 Å². The third kappa shape index (κ3) is 5.68. The molecule has 0 aliphatic carbocycles. The van der Waals surface area contributed by atoms with Crippen LogP contribution in [0.4, 0.5) is 0 Å². The lowest BCUT2D eigenvalue weighted by Gasteiger charge is -2.09. The van der Waals surface area contributed by atoms with E-state index in [0.29, 0.717) is 13.2 Å². The van der Waals surface area contributed by atoms with Gasteiger partial charge >= 0.3 is 0 Å². The first-order valence-corrected chi connectivity index (χ1v) is 5.89. The zero-order valence-electron chi connectivity index (χ0n) is 10.3. The van der Waals surface area contributed by atoms with Gasteiger partial charge in [-0.2, -0.15) is 0 Å². The summed E-state index contributed by atoms with van der Waals surface area (Å²) in [6, 6.07) is 7.98. The summed E-state index contributed by atoms with van der Waals surface area (Å²) in [5, 5.41) is 11.9. The molecule has 0 heterocycles. The average Bonchev–Trinajstić information content (AvgIpc) is 2.38. The van der Waals surface area contributed by atoms with E-state index < -0.39 is 0 Å². The van der Waals surface area contributed by atoms with E-state index in [0.717, 1.165) is 30.8 Å². The Labute approximate surface area is 103 Å². The van der Waals surface area contributed by atoms with Crippen molar-refractivity contribution in [2.24, 2.45) is 0 Å². The van der Waals surface area contributed by atoms with E-state index in [1.54, 1.807) is 7.11 Å². The molecule has 0 aliphatic rings. The van der Waals surface area contributed by atoms with Gasteiger partial charge in [0.25, 0.3) is 0 Å². The zero-order chi connectivity index (χ0) is 12.3. The van der Waals surface area contributed by atoms with Gasteiger partial charge in [0.15, 0.2) is 0 Å². The summed E-state index contributed by atoms with van der Waals surface area (Å²) < 4.78 is 10.4. The minimum absolute atomic E-state index is 0.0919. The summed E-state index contributed by atoms with van der Waals surface area (Å²) in [5.74, 6) is 0.913. The zero-order valence-corrected chi connectivity index (χ0v) is 10.3. The highest BCUT2D eigenvalue weighted by molar-refractivity contribution is 5.32. The molecule has 0 bridgehead atoms. The predicted molar refractivity (Wildman–Crippen MR) is 67.2 cm³/mol. The lowest BCUT2D eigenvalue weighted by Crippen LogP contribution is -2.17. The van der Waals surface area contributed by atoms with Crippen LogP contribution in [0.3, 0.4) is 0 Å². The van der Waals surface area contributed by atoms with Crippen molar-refractivity contribution >= 4 is 0 Å². The molecule has 0 aliphatic heterocycles. The Morgan fingerprint density at radius 2 is 2.06 bits per heavy atom. The van der Waals surface area contributed by atoms with Crippen molar-refractivity contribution in [1.82, 2.24) is 5.32 Å². The fraction of sp³-hybridized carbons (Fsp3) is 0.538. The van der Waals surface area contributed by atoms with Crippen molar-refractivity contribution in [3.8, 4) is 5.75 Å². The van der Waals surface area contributed by atoms with Gasteiger partial charge in [0.2, 0.25) is 0 Å². The maximum Gasteiger partial charge on any atom is 0.123 e. The van der Waals surface area contributed by atoms with Crippen LogP contribution >= 0.6 is 0 Å². The van der Waals surface area contributed by atoms with E-state index in [1.807, 2.05) is 24.3 Å².